The predicted octanol–water partition coefficient (Wildman–Crippen LogP) is 4.37. The normalized spacial score (nSPS) is 10.1. The molecule has 0 aliphatic rings. The van der Waals surface area contributed by atoms with Gasteiger partial charge in [0.15, 0.2) is 0 Å². The van der Waals surface area contributed by atoms with Crippen LogP contribution in [-0.2, 0) is 0 Å². The van der Waals surface area contributed by atoms with E-state index >= 15 is 0 Å². The van der Waals surface area contributed by atoms with E-state index in [9.17, 15) is 0 Å². The van der Waals surface area contributed by atoms with Gasteiger partial charge in [-0.15, -0.1) is 0 Å². The van der Waals surface area contributed by atoms with Crippen LogP contribution in [0.3, 0.4) is 0 Å². The minimum atomic E-state index is 0.467. The van der Waals surface area contributed by atoms with E-state index in [0.717, 1.165) is 0 Å². The summed E-state index contributed by atoms with van der Waals surface area (Å²) in [5.41, 5.74) is 6.27. The molecule has 0 radical (unpaired) electrons. The van der Waals surface area contributed by atoms with E-state index in [4.69, 9.17) is 33.7 Å². The van der Waals surface area contributed by atoms with Crippen LogP contribution in [0.2, 0.25) is 10.0 Å². The van der Waals surface area contributed by atoms with Gasteiger partial charge in [0.1, 0.15) is 11.5 Å². The minimum Gasteiger partial charge on any atom is -0.457 e. The third-order valence-electron chi connectivity index (χ3n) is 2.01. The topological polar surface area (TPSA) is 35.2 Å². The lowest BCUT2D eigenvalue weighted by Crippen LogP contribution is -1.86. The number of hydrogen-bond donors (Lipinski definition) is 1. The number of ether oxygens (including phenoxy) is 1. The number of rotatable bonds is 2. The summed E-state index contributed by atoms with van der Waals surface area (Å²) in [5.74, 6) is 1.34. The van der Waals surface area contributed by atoms with Crippen molar-refractivity contribution in [1.29, 1.82) is 0 Å². The average Bonchev–Trinajstić information content (AvgIpc) is 2.27. The molecular weight excluding hydrogens is 245 g/mol. The van der Waals surface area contributed by atoms with Gasteiger partial charge in [-0.05, 0) is 36.4 Å². The zero-order chi connectivity index (χ0) is 11.5. The van der Waals surface area contributed by atoms with Crippen LogP contribution in [-0.4, -0.2) is 0 Å². The van der Waals surface area contributed by atoms with Crippen molar-refractivity contribution in [1.82, 2.24) is 0 Å². The molecule has 2 nitrogen and oxygen atoms in total. The monoisotopic (exact) mass is 253 g/mol. The number of halogens is 2. The zero-order valence-corrected chi connectivity index (χ0v) is 9.79. The summed E-state index contributed by atoms with van der Waals surface area (Å²) in [5, 5.41) is 0.973. The molecule has 2 rings (SSSR count). The van der Waals surface area contributed by atoms with Crippen LogP contribution in [0.1, 0.15) is 0 Å². The van der Waals surface area contributed by atoms with Crippen molar-refractivity contribution in [3.8, 4) is 11.5 Å². The first-order valence-electron chi connectivity index (χ1n) is 4.63. The Kier molecular flexibility index (Phi) is 3.22. The minimum absolute atomic E-state index is 0.467. The summed E-state index contributed by atoms with van der Waals surface area (Å²) in [6.45, 7) is 0. The number of benzene rings is 2. The van der Waals surface area contributed by atoms with Gasteiger partial charge in [-0.2, -0.15) is 0 Å². The Labute approximate surface area is 104 Å². The SMILES string of the molecule is Nc1ccc(Oc2ccc(Cl)c(Cl)c2)cc1. The second-order valence-electron chi connectivity index (χ2n) is 3.25. The highest BCUT2D eigenvalue weighted by atomic mass is 35.5. The molecule has 0 amide bonds. The van der Waals surface area contributed by atoms with Crippen molar-refractivity contribution >= 4 is 28.9 Å². The van der Waals surface area contributed by atoms with Crippen LogP contribution in [0, 0.1) is 0 Å². The van der Waals surface area contributed by atoms with Crippen LogP contribution >= 0.6 is 23.2 Å². The van der Waals surface area contributed by atoms with Crippen LogP contribution in [0.4, 0.5) is 5.69 Å². The number of nitrogen functional groups attached to an aromatic ring is 1. The lowest BCUT2D eigenvalue weighted by Gasteiger charge is -2.06. The summed E-state index contributed by atoms with van der Waals surface area (Å²) in [6, 6.07) is 12.2. The third-order valence-corrected chi connectivity index (χ3v) is 2.75. The molecule has 0 aliphatic heterocycles. The van der Waals surface area contributed by atoms with E-state index in [-0.39, 0.29) is 0 Å². The fourth-order valence-corrected chi connectivity index (χ4v) is 1.50. The van der Waals surface area contributed by atoms with Gasteiger partial charge in [-0.3, -0.25) is 0 Å². The summed E-state index contributed by atoms with van der Waals surface area (Å²) in [4.78, 5) is 0. The Morgan fingerprint density at radius 2 is 1.44 bits per heavy atom. The Morgan fingerprint density at radius 1 is 0.812 bits per heavy atom. The van der Waals surface area contributed by atoms with Gasteiger partial charge in [-0.1, -0.05) is 23.2 Å². The Morgan fingerprint density at radius 3 is 2.06 bits per heavy atom. The first-order valence-corrected chi connectivity index (χ1v) is 5.39. The smallest absolute Gasteiger partial charge is 0.129 e. The molecule has 0 saturated heterocycles. The van der Waals surface area contributed by atoms with Gasteiger partial charge in [0.25, 0.3) is 0 Å². The average molecular weight is 254 g/mol. The highest BCUT2D eigenvalue weighted by molar-refractivity contribution is 6.42. The molecule has 16 heavy (non-hydrogen) atoms. The number of hydrogen-bond acceptors (Lipinski definition) is 2. The largest absolute Gasteiger partial charge is 0.457 e. The van der Waals surface area contributed by atoms with Gasteiger partial charge < -0.3 is 10.5 Å². The Bertz CT molecular complexity index is 497. The maximum atomic E-state index is 5.87. The number of nitrogens with two attached hydrogens (primary N) is 1. The van der Waals surface area contributed by atoms with Crippen molar-refractivity contribution in [2.75, 3.05) is 5.73 Å². The summed E-state index contributed by atoms with van der Waals surface area (Å²) < 4.78 is 5.57. The van der Waals surface area contributed by atoms with Gasteiger partial charge in [-0.25, -0.2) is 0 Å². The van der Waals surface area contributed by atoms with E-state index in [1.165, 1.54) is 0 Å². The molecule has 4 heteroatoms. The maximum Gasteiger partial charge on any atom is 0.129 e. The molecule has 2 aromatic carbocycles. The summed E-state index contributed by atoms with van der Waals surface area (Å²) >= 11 is 11.7. The first kappa shape index (κ1) is 11.1. The van der Waals surface area contributed by atoms with E-state index in [1.54, 1.807) is 42.5 Å². The van der Waals surface area contributed by atoms with E-state index in [0.29, 0.717) is 27.2 Å². The van der Waals surface area contributed by atoms with E-state index in [1.807, 2.05) is 0 Å². The molecule has 2 N–H and O–H groups in total. The fraction of sp³-hybridized carbons (Fsp3) is 0. The molecule has 82 valence electrons. The quantitative estimate of drug-likeness (QED) is 0.807. The van der Waals surface area contributed by atoms with Gasteiger partial charge in [0, 0.05) is 11.8 Å². The first-order chi connectivity index (χ1) is 7.65. The highest BCUT2D eigenvalue weighted by Crippen LogP contribution is 2.29. The molecule has 0 heterocycles. The van der Waals surface area contributed by atoms with Crippen LogP contribution < -0.4 is 10.5 Å². The van der Waals surface area contributed by atoms with Crippen LogP contribution in [0.15, 0.2) is 42.5 Å². The molecule has 0 fully saturated rings. The fourth-order valence-electron chi connectivity index (χ4n) is 1.21. The molecule has 0 aromatic heterocycles. The van der Waals surface area contributed by atoms with Gasteiger partial charge in [0.05, 0.1) is 10.0 Å². The summed E-state index contributed by atoms with van der Waals surface area (Å²) in [7, 11) is 0. The van der Waals surface area contributed by atoms with Crippen molar-refractivity contribution in [3.05, 3.63) is 52.5 Å². The number of anilines is 1. The zero-order valence-electron chi connectivity index (χ0n) is 8.28. The maximum absolute atomic E-state index is 5.87. The molecule has 0 bridgehead atoms. The molecule has 0 aliphatic carbocycles. The standard InChI is InChI=1S/C12H9Cl2NO/c13-11-6-5-10(7-12(11)14)16-9-3-1-8(15)2-4-9/h1-7H,15H2. The summed E-state index contributed by atoms with van der Waals surface area (Å²) in [6.07, 6.45) is 0. The van der Waals surface area contributed by atoms with Crippen molar-refractivity contribution in [2.24, 2.45) is 0 Å². The predicted molar refractivity (Wildman–Crippen MR) is 67.4 cm³/mol. The second-order valence-corrected chi connectivity index (χ2v) is 4.06. The van der Waals surface area contributed by atoms with Crippen LogP contribution in [0.25, 0.3) is 0 Å². The molecule has 2 aromatic rings. The van der Waals surface area contributed by atoms with Gasteiger partial charge in [0.2, 0.25) is 0 Å². The second kappa shape index (κ2) is 4.64. The van der Waals surface area contributed by atoms with Crippen molar-refractivity contribution in [3.63, 3.8) is 0 Å². The molecule has 0 spiro atoms. The van der Waals surface area contributed by atoms with E-state index in [2.05, 4.69) is 0 Å². The van der Waals surface area contributed by atoms with Crippen molar-refractivity contribution in [2.45, 2.75) is 0 Å². The third kappa shape index (κ3) is 2.60. The molecule has 0 unspecified atom stereocenters. The van der Waals surface area contributed by atoms with Gasteiger partial charge >= 0.3 is 0 Å². The lowest BCUT2D eigenvalue weighted by atomic mass is 10.3. The Balaban J connectivity index is 2.20. The Hall–Kier alpha value is -1.38. The molecule has 0 saturated carbocycles. The lowest BCUT2D eigenvalue weighted by molar-refractivity contribution is 0.483. The van der Waals surface area contributed by atoms with E-state index < -0.39 is 0 Å². The van der Waals surface area contributed by atoms with Crippen LogP contribution in [0.5, 0.6) is 11.5 Å². The van der Waals surface area contributed by atoms with Crippen molar-refractivity contribution < 1.29 is 4.74 Å². The molecular formula is C12H9Cl2NO. The highest BCUT2D eigenvalue weighted by Gasteiger charge is 2.01. The molecule has 0 atom stereocenters.